The van der Waals surface area contributed by atoms with E-state index in [0.717, 1.165) is 36.6 Å². The van der Waals surface area contributed by atoms with Crippen LogP contribution in [0.3, 0.4) is 0 Å². The summed E-state index contributed by atoms with van der Waals surface area (Å²) in [4.78, 5) is 2.42. The monoisotopic (exact) mass is 322 g/mol. The first-order valence-corrected chi connectivity index (χ1v) is 7.06. The summed E-state index contributed by atoms with van der Waals surface area (Å²) >= 11 is 12.1. The molecule has 0 amide bonds. The zero-order valence-electron chi connectivity index (χ0n) is 11.3. The highest BCUT2D eigenvalue weighted by Crippen LogP contribution is 2.30. The number of piperidine rings is 1. The van der Waals surface area contributed by atoms with Crippen LogP contribution < -0.4 is 5.73 Å². The Labute approximate surface area is 131 Å². The number of nitrogens with two attached hydrogens (primary N) is 1. The normalized spacial score (nSPS) is 22.9. The predicted octanol–water partition coefficient (Wildman–Crippen LogP) is 3.97. The molecule has 1 saturated heterocycles. The van der Waals surface area contributed by atoms with Gasteiger partial charge in [0.05, 0.1) is 0 Å². The fraction of sp³-hybridized carbons (Fsp3) is 0.571. The SMILES string of the molecule is CC1(C)CN(Cc2ccc(Cl)cc2Cl)CCC1N.Cl. The molecule has 2 nitrogen and oxygen atoms in total. The Morgan fingerprint density at radius 3 is 2.63 bits per heavy atom. The molecular formula is C14H21Cl3N2. The van der Waals surface area contributed by atoms with Gasteiger partial charge in [-0.1, -0.05) is 43.1 Å². The Bertz CT molecular complexity index is 435. The molecule has 0 aliphatic carbocycles. The second-order valence-corrected chi connectivity index (χ2v) is 6.67. The van der Waals surface area contributed by atoms with Gasteiger partial charge in [-0.2, -0.15) is 0 Å². The Morgan fingerprint density at radius 2 is 2.05 bits per heavy atom. The van der Waals surface area contributed by atoms with Gasteiger partial charge >= 0.3 is 0 Å². The maximum atomic E-state index is 6.21. The summed E-state index contributed by atoms with van der Waals surface area (Å²) in [6.45, 7) is 7.36. The highest BCUT2D eigenvalue weighted by atomic mass is 35.5. The average Bonchev–Trinajstić information content (AvgIpc) is 2.27. The lowest BCUT2D eigenvalue weighted by Gasteiger charge is -2.42. The molecule has 0 spiro atoms. The van der Waals surface area contributed by atoms with Gasteiger partial charge in [0.2, 0.25) is 0 Å². The van der Waals surface area contributed by atoms with Gasteiger partial charge in [-0.05, 0) is 29.5 Å². The number of hydrogen-bond donors (Lipinski definition) is 1. The molecule has 1 atom stereocenters. The molecule has 1 fully saturated rings. The van der Waals surface area contributed by atoms with E-state index in [1.165, 1.54) is 0 Å². The first kappa shape index (κ1) is 17.1. The smallest absolute Gasteiger partial charge is 0.0465 e. The highest BCUT2D eigenvalue weighted by molar-refractivity contribution is 6.35. The molecule has 1 aromatic carbocycles. The van der Waals surface area contributed by atoms with Crippen LogP contribution in [0, 0.1) is 5.41 Å². The minimum absolute atomic E-state index is 0. The molecule has 1 aromatic rings. The van der Waals surface area contributed by atoms with E-state index in [1.54, 1.807) is 6.07 Å². The van der Waals surface area contributed by atoms with Crippen LogP contribution in [-0.4, -0.2) is 24.0 Å². The lowest BCUT2D eigenvalue weighted by molar-refractivity contribution is 0.0899. The summed E-state index contributed by atoms with van der Waals surface area (Å²) in [6.07, 6.45) is 1.04. The first-order valence-electron chi connectivity index (χ1n) is 6.30. The quantitative estimate of drug-likeness (QED) is 0.892. The Balaban J connectivity index is 0.00000180. The maximum Gasteiger partial charge on any atom is 0.0465 e. The van der Waals surface area contributed by atoms with Crippen LogP contribution in [0.4, 0.5) is 0 Å². The van der Waals surface area contributed by atoms with E-state index in [-0.39, 0.29) is 23.9 Å². The summed E-state index contributed by atoms with van der Waals surface area (Å²) in [5, 5.41) is 1.43. The number of halogens is 3. The van der Waals surface area contributed by atoms with Crippen molar-refractivity contribution in [1.82, 2.24) is 4.90 Å². The summed E-state index contributed by atoms with van der Waals surface area (Å²) < 4.78 is 0. The Morgan fingerprint density at radius 1 is 1.37 bits per heavy atom. The number of hydrogen-bond acceptors (Lipinski definition) is 2. The van der Waals surface area contributed by atoms with E-state index < -0.39 is 0 Å². The first-order chi connectivity index (χ1) is 8.38. The molecular weight excluding hydrogens is 303 g/mol. The lowest BCUT2D eigenvalue weighted by atomic mass is 9.79. The maximum absolute atomic E-state index is 6.21. The summed E-state index contributed by atoms with van der Waals surface area (Å²) in [7, 11) is 0. The summed E-state index contributed by atoms with van der Waals surface area (Å²) in [5.74, 6) is 0. The second-order valence-electron chi connectivity index (χ2n) is 5.83. The van der Waals surface area contributed by atoms with Gasteiger partial charge in [0, 0.05) is 35.7 Å². The van der Waals surface area contributed by atoms with Crippen LogP contribution in [0.5, 0.6) is 0 Å². The topological polar surface area (TPSA) is 29.3 Å². The largest absolute Gasteiger partial charge is 0.327 e. The molecule has 19 heavy (non-hydrogen) atoms. The van der Waals surface area contributed by atoms with Crippen LogP contribution >= 0.6 is 35.6 Å². The van der Waals surface area contributed by atoms with Crippen molar-refractivity contribution < 1.29 is 0 Å². The van der Waals surface area contributed by atoms with Gasteiger partial charge < -0.3 is 5.73 Å². The van der Waals surface area contributed by atoms with E-state index >= 15 is 0 Å². The fourth-order valence-corrected chi connectivity index (χ4v) is 2.98. The predicted molar refractivity (Wildman–Crippen MR) is 85.4 cm³/mol. The minimum Gasteiger partial charge on any atom is -0.327 e. The van der Waals surface area contributed by atoms with Crippen LogP contribution in [0.15, 0.2) is 18.2 Å². The molecule has 1 aliphatic rings. The van der Waals surface area contributed by atoms with Crippen molar-refractivity contribution in [1.29, 1.82) is 0 Å². The molecule has 1 heterocycles. The molecule has 1 aliphatic heterocycles. The third-order valence-corrected chi connectivity index (χ3v) is 4.39. The van der Waals surface area contributed by atoms with Crippen LogP contribution in [0.2, 0.25) is 10.0 Å². The lowest BCUT2D eigenvalue weighted by Crippen LogP contribution is -2.52. The average molecular weight is 324 g/mol. The Hall–Kier alpha value is 0.01000. The van der Waals surface area contributed by atoms with Gasteiger partial charge in [0.1, 0.15) is 0 Å². The number of likely N-dealkylation sites (tertiary alicyclic amines) is 1. The van der Waals surface area contributed by atoms with Crippen molar-refractivity contribution in [3.63, 3.8) is 0 Å². The standard InChI is InChI=1S/C14H20Cl2N2.ClH/c1-14(2)9-18(6-5-13(14)17)8-10-3-4-11(15)7-12(10)16;/h3-4,7,13H,5-6,8-9,17H2,1-2H3;1H. The van der Waals surface area contributed by atoms with Crippen molar-refractivity contribution in [3.05, 3.63) is 33.8 Å². The zero-order chi connectivity index (χ0) is 13.3. The third kappa shape index (κ3) is 4.24. The molecule has 2 rings (SSSR count). The molecule has 108 valence electrons. The Kier molecular flexibility index (Phi) is 5.96. The van der Waals surface area contributed by atoms with Crippen LogP contribution in [0.1, 0.15) is 25.8 Å². The molecule has 0 radical (unpaired) electrons. The van der Waals surface area contributed by atoms with Crippen LogP contribution in [0.25, 0.3) is 0 Å². The van der Waals surface area contributed by atoms with Gasteiger partial charge in [0.25, 0.3) is 0 Å². The van der Waals surface area contributed by atoms with E-state index in [9.17, 15) is 0 Å². The van der Waals surface area contributed by atoms with Gasteiger partial charge in [0.15, 0.2) is 0 Å². The highest BCUT2D eigenvalue weighted by Gasteiger charge is 2.33. The van der Waals surface area contributed by atoms with Crippen LogP contribution in [-0.2, 0) is 6.54 Å². The summed E-state index contributed by atoms with van der Waals surface area (Å²) in [5.41, 5.74) is 7.44. The van der Waals surface area contributed by atoms with E-state index in [4.69, 9.17) is 28.9 Å². The van der Waals surface area contributed by atoms with E-state index in [1.807, 2.05) is 12.1 Å². The number of nitrogens with zero attached hydrogens (tertiary/aromatic N) is 1. The molecule has 5 heteroatoms. The molecule has 0 saturated carbocycles. The molecule has 0 bridgehead atoms. The van der Waals surface area contributed by atoms with Crippen molar-refractivity contribution in [2.45, 2.75) is 32.9 Å². The van der Waals surface area contributed by atoms with Crippen molar-refractivity contribution in [3.8, 4) is 0 Å². The van der Waals surface area contributed by atoms with E-state index in [2.05, 4.69) is 18.7 Å². The van der Waals surface area contributed by atoms with Gasteiger partial charge in [-0.3, -0.25) is 4.90 Å². The number of rotatable bonds is 2. The third-order valence-electron chi connectivity index (χ3n) is 3.80. The van der Waals surface area contributed by atoms with Gasteiger partial charge in [-0.15, -0.1) is 12.4 Å². The van der Waals surface area contributed by atoms with Gasteiger partial charge in [-0.25, -0.2) is 0 Å². The fourth-order valence-electron chi connectivity index (χ4n) is 2.51. The second kappa shape index (κ2) is 6.64. The van der Waals surface area contributed by atoms with Crippen molar-refractivity contribution >= 4 is 35.6 Å². The molecule has 2 N–H and O–H groups in total. The van der Waals surface area contributed by atoms with E-state index in [0.29, 0.717) is 5.02 Å². The van der Waals surface area contributed by atoms with Crippen molar-refractivity contribution in [2.75, 3.05) is 13.1 Å². The molecule has 1 unspecified atom stereocenters. The number of benzene rings is 1. The van der Waals surface area contributed by atoms with Crippen molar-refractivity contribution in [2.24, 2.45) is 11.1 Å². The molecule has 0 aromatic heterocycles. The minimum atomic E-state index is 0. The zero-order valence-corrected chi connectivity index (χ0v) is 13.7. The summed E-state index contributed by atoms with van der Waals surface area (Å²) in [6, 6.07) is 5.99.